The van der Waals surface area contributed by atoms with E-state index in [0.717, 1.165) is 35.0 Å². The summed E-state index contributed by atoms with van der Waals surface area (Å²) in [6, 6.07) is 10.2. The summed E-state index contributed by atoms with van der Waals surface area (Å²) in [6.45, 7) is 0. The van der Waals surface area contributed by atoms with Gasteiger partial charge in [0.05, 0.1) is 24.2 Å². The van der Waals surface area contributed by atoms with Gasteiger partial charge in [0.1, 0.15) is 35.0 Å². The Morgan fingerprint density at radius 1 is 1.03 bits per heavy atom. The fourth-order valence-electron chi connectivity index (χ4n) is 4.35. The number of hydrogen-bond acceptors (Lipinski definition) is 7. The third-order valence-corrected chi connectivity index (χ3v) is 6.12. The first-order chi connectivity index (χ1) is 16.1. The normalized spacial score (nSPS) is 14.5. The van der Waals surface area contributed by atoms with Crippen LogP contribution >= 0.6 is 0 Å². The van der Waals surface area contributed by atoms with E-state index in [0.29, 0.717) is 23.0 Å². The minimum absolute atomic E-state index is 0.344. The van der Waals surface area contributed by atoms with Gasteiger partial charge in [-0.25, -0.2) is 24.0 Å². The highest BCUT2D eigenvalue weighted by Crippen LogP contribution is 2.52. The number of anilines is 1. The maximum atomic E-state index is 14.3. The highest BCUT2D eigenvalue weighted by molar-refractivity contribution is 6.01. The van der Waals surface area contributed by atoms with Crippen LogP contribution in [0.2, 0.25) is 0 Å². The first kappa shape index (κ1) is 19.4. The molecule has 0 bridgehead atoms. The summed E-state index contributed by atoms with van der Waals surface area (Å²) >= 11 is 0. The Labute approximate surface area is 187 Å². The van der Waals surface area contributed by atoms with Crippen LogP contribution in [0.3, 0.4) is 0 Å². The number of benzene rings is 1. The van der Waals surface area contributed by atoms with E-state index in [4.69, 9.17) is 10.5 Å². The summed E-state index contributed by atoms with van der Waals surface area (Å²) in [5, 5.41) is 9.32. The zero-order chi connectivity index (χ0) is 22.6. The second-order valence-corrected chi connectivity index (χ2v) is 7.96. The van der Waals surface area contributed by atoms with E-state index >= 15 is 0 Å². The van der Waals surface area contributed by atoms with Crippen LogP contribution in [0.1, 0.15) is 18.5 Å². The predicted molar refractivity (Wildman–Crippen MR) is 119 cm³/mol. The quantitative estimate of drug-likeness (QED) is 0.444. The van der Waals surface area contributed by atoms with Crippen molar-refractivity contribution < 1.29 is 9.13 Å². The van der Waals surface area contributed by atoms with Gasteiger partial charge in [-0.3, -0.25) is 0 Å². The van der Waals surface area contributed by atoms with Crippen LogP contribution in [0.25, 0.3) is 27.8 Å². The first-order valence-electron chi connectivity index (χ1n) is 10.4. The van der Waals surface area contributed by atoms with Gasteiger partial charge in [-0.05, 0) is 37.1 Å². The van der Waals surface area contributed by atoms with Gasteiger partial charge < -0.3 is 15.0 Å². The van der Waals surface area contributed by atoms with Gasteiger partial charge >= 0.3 is 0 Å². The van der Waals surface area contributed by atoms with Crippen molar-refractivity contribution in [3.8, 4) is 22.7 Å². The van der Waals surface area contributed by atoms with Crippen molar-refractivity contribution in [3.05, 3.63) is 72.8 Å². The topological polar surface area (TPSA) is 110 Å². The van der Waals surface area contributed by atoms with Crippen LogP contribution < -0.4 is 10.5 Å². The maximum Gasteiger partial charge on any atom is 0.221 e. The first-order valence-corrected chi connectivity index (χ1v) is 10.4. The average Bonchev–Trinajstić information content (AvgIpc) is 3.31. The lowest BCUT2D eigenvalue weighted by Gasteiger charge is -2.15. The van der Waals surface area contributed by atoms with Crippen LogP contribution in [-0.2, 0) is 5.54 Å². The Morgan fingerprint density at radius 2 is 1.88 bits per heavy atom. The molecule has 2 N–H and O–H groups in total. The Bertz CT molecular complexity index is 1500. The third kappa shape index (κ3) is 2.87. The fourth-order valence-corrected chi connectivity index (χ4v) is 4.35. The van der Waals surface area contributed by atoms with Gasteiger partial charge in [0.15, 0.2) is 0 Å². The molecule has 0 aliphatic heterocycles. The molecule has 1 saturated carbocycles. The molecule has 1 aliphatic rings. The number of rotatable bonds is 5. The number of pyridine rings is 1. The predicted octanol–water partition coefficient (Wildman–Crippen LogP) is 3.34. The fraction of sp³-hybridized carbons (Fsp3) is 0.174. The summed E-state index contributed by atoms with van der Waals surface area (Å²) in [4.78, 5) is 13.1. The van der Waals surface area contributed by atoms with Gasteiger partial charge in [0.25, 0.3) is 0 Å². The molecule has 4 heterocycles. The number of nitrogens with zero attached hydrogens (tertiary/aromatic N) is 7. The molecular weight excluding hydrogens is 423 g/mol. The molecule has 0 amide bonds. The van der Waals surface area contributed by atoms with Crippen molar-refractivity contribution in [2.75, 3.05) is 12.8 Å². The number of nitrogen functional groups attached to an aromatic ring is 1. The molecule has 0 radical (unpaired) electrons. The molecule has 164 valence electrons. The summed E-state index contributed by atoms with van der Waals surface area (Å²) in [5.41, 5.74) is 9.20. The molecule has 5 aromatic rings. The molecule has 10 heteroatoms. The second-order valence-electron chi connectivity index (χ2n) is 7.96. The number of aromatic nitrogens is 7. The lowest BCUT2D eigenvalue weighted by molar-refractivity contribution is 0.399. The summed E-state index contributed by atoms with van der Waals surface area (Å²) < 4.78 is 23.3. The van der Waals surface area contributed by atoms with Gasteiger partial charge in [0.2, 0.25) is 5.88 Å². The van der Waals surface area contributed by atoms with Crippen molar-refractivity contribution >= 4 is 16.9 Å². The van der Waals surface area contributed by atoms with Gasteiger partial charge in [0, 0.05) is 23.5 Å². The Kier molecular flexibility index (Phi) is 4.16. The third-order valence-electron chi connectivity index (χ3n) is 6.12. The number of para-hydroxylation sites is 1. The minimum atomic E-state index is -0.462. The minimum Gasteiger partial charge on any atom is -0.481 e. The van der Waals surface area contributed by atoms with Gasteiger partial charge in [-0.15, -0.1) is 5.10 Å². The number of nitrogens with two attached hydrogens (primary N) is 1. The van der Waals surface area contributed by atoms with E-state index < -0.39 is 5.54 Å². The molecule has 4 aromatic heterocycles. The van der Waals surface area contributed by atoms with Crippen LogP contribution in [0.15, 0.2) is 61.3 Å². The molecule has 9 nitrogen and oxygen atoms in total. The lowest BCUT2D eigenvalue weighted by Crippen LogP contribution is -2.19. The van der Waals surface area contributed by atoms with E-state index in [1.807, 2.05) is 18.3 Å². The number of fused-ring (bicyclic) bond motifs is 1. The van der Waals surface area contributed by atoms with E-state index in [1.54, 1.807) is 37.7 Å². The molecule has 1 aromatic carbocycles. The molecule has 0 spiro atoms. The highest BCUT2D eigenvalue weighted by Gasteiger charge is 2.50. The van der Waals surface area contributed by atoms with Crippen LogP contribution in [0.4, 0.5) is 10.2 Å². The smallest absolute Gasteiger partial charge is 0.221 e. The van der Waals surface area contributed by atoms with Gasteiger partial charge in [-0.1, -0.05) is 17.3 Å². The molecule has 33 heavy (non-hydrogen) atoms. The van der Waals surface area contributed by atoms with Crippen LogP contribution in [-0.4, -0.2) is 41.6 Å². The molecule has 0 saturated heterocycles. The zero-order valence-corrected chi connectivity index (χ0v) is 17.7. The van der Waals surface area contributed by atoms with Crippen molar-refractivity contribution in [2.24, 2.45) is 0 Å². The zero-order valence-electron chi connectivity index (χ0n) is 17.7. The number of hydrogen-bond donors (Lipinski definition) is 1. The summed E-state index contributed by atoms with van der Waals surface area (Å²) in [7, 11) is 1.58. The molecular formula is C23H19FN8O. The lowest BCUT2D eigenvalue weighted by atomic mass is 10.1. The van der Waals surface area contributed by atoms with E-state index in [1.165, 1.54) is 17.1 Å². The van der Waals surface area contributed by atoms with E-state index in [-0.39, 0.29) is 5.82 Å². The SMILES string of the molecule is COc1ncccc1-c1cn(C2(c3cn(-c4ccccc4F)nn3)CC2)c2ncnc(N)c12. The number of halogens is 1. The summed E-state index contributed by atoms with van der Waals surface area (Å²) in [6.07, 6.45) is 8.55. The average molecular weight is 442 g/mol. The second kappa shape index (κ2) is 7.09. The van der Waals surface area contributed by atoms with Crippen molar-refractivity contribution in [1.29, 1.82) is 0 Å². The monoisotopic (exact) mass is 442 g/mol. The van der Waals surface area contributed by atoms with Crippen molar-refractivity contribution in [1.82, 2.24) is 34.5 Å². The highest BCUT2D eigenvalue weighted by atomic mass is 19.1. The maximum absolute atomic E-state index is 14.3. The van der Waals surface area contributed by atoms with Crippen LogP contribution in [0, 0.1) is 5.82 Å². The summed E-state index contributed by atoms with van der Waals surface area (Å²) in [5.74, 6) is 0.484. The molecule has 6 rings (SSSR count). The molecule has 0 atom stereocenters. The number of methoxy groups -OCH3 is 1. The van der Waals surface area contributed by atoms with E-state index in [2.05, 4.69) is 29.8 Å². The number of ether oxygens (including phenoxy) is 1. The van der Waals surface area contributed by atoms with E-state index in [9.17, 15) is 4.39 Å². The van der Waals surface area contributed by atoms with Crippen LogP contribution in [0.5, 0.6) is 5.88 Å². The molecule has 1 fully saturated rings. The Balaban J connectivity index is 1.53. The standard InChI is InChI=1S/C23H19FN8O/c1-33-22-14(5-4-10-26-22)15-11-31(21-19(15)20(25)27-13-28-21)23(8-9-23)18-12-32(30-29-18)17-7-3-2-6-16(17)24/h2-7,10-13H,8-9H2,1H3,(H2,25,27,28). The Morgan fingerprint density at radius 3 is 2.67 bits per heavy atom. The largest absolute Gasteiger partial charge is 0.481 e. The van der Waals surface area contributed by atoms with Gasteiger partial charge in [-0.2, -0.15) is 0 Å². The molecule has 1 aliphatic carbocycles. The van der Waals surface area contributed by atoms with Crippen molar-refractivity contribution in [2.45, 2.75) is 18.4 Å². The van der Waals surface area contributed by atoms with Crippen molar-refractivity contribution in [3.63, 3.8) is 0 Å². The molecule has 0 unspecified atom stereocenters. The Hall–Kier alpha value is -4.34.